The largest absolute Gasteiger partial charge is 0.343 e. The fourth-order valence-electron chi connectivity index (χ4n) is 2.75. The van der Waals surface area contributed by atoms with Crippen LogP contribution in [-0.4, -0.2) is 38.9 Å². The smallest absolute Gasteiger partial charge is 0.295 e. The van der Waals surface area contributed by atoms with E-state index in [4.69, 9.17) is 11.6 Å². The normalized spacial score (nSPS) is 10.9. The molecule has 0 N–H and O–H groups in total. The molecule has 0 aliphatic heterocycles. The zero-order valence-electron chi connectivity index (χ0n) is 15.7. The van der Waals surface area contributed by atoms with E-state index in [9.17, 15) is 9.59 Å². The average Bonchev–Trinajstić information content (AvgIpc) is 3.04. The van der Waals surface area contributed by atoms with Gasteiger partial charge in [0.1, 0.15) is 5.69 Å². The number of carbonyl (C=O) groups is 1. The molecule has 140 valence electrons. The van der Waals surface area contributed by atoms with Gasteiger partial charge in [0.15, 0.2) is 0 Å². The Morgan fingerprint density at radius 1 is 1.22 bits per heavy atom. The van der Waals surface area contributed by atoms with Crippen molar-refractivity contribution in [3.05, 3.63) is 69.4 Å². The van der Waals surface area contributed by atoms with Crippen LogP contribution in [0.15, 0.2) is 53.1 Å². The molecular weight excluding hydrogens is 364 g/mol. The number of hydrogen-bond donors (Lipinski definition) is 0. The van der Waals surface area contributed by atoms with Gasteiger partial charge in [-0.15, -0.1) is 0 Å². The van der Waals surface area contributed by atoms with E-state index >= 15 is 0 Å². The van der Waals surface area contributed by atoms with E-state index in [1.807, 2.05) is 38.1 Å². The minimum atomic E-state index is -0.275. The van der Waals surface area contributed by atoms with Crippen LogP contribution in [-0.2, 0) is 6.54 Å². The lowest BCUT2D eigenvalue weighted by atomic mass is 10.1. The first-order valence-corrected chi connectivity index (χ1v) is 8.90. The molecule has 1 amide bonds. The van der Waals surface area contributed by atoms with Crippen LogP contribution in [0.2, 0.25) is 5.02 Å². The van der Waals surface area contributed by atoms with E-state index in [0.29, 0.717) is 17.3 Å². The summed E-state index contributed by atoms with van der Waals surface area (Å²) < 4.78 is 3.22. The number of hydrogen-bond acceptors (Lipinski definition) is 3. The summed E-state index contributed by atoms with van der Waals surface area (Å²) in [5, 5.41) is 0.548. The molecule has 1 aromatic carbocycles. The summed E-state index contributed by atoms with van der Waals surface area (Å²) in [6.07, 6.45) is 5.33. The number of carbonyl (C=O) groups excluding carboxylic acids is 1. The molecule has 0 unspecified atom stereocenters. The maximum Gasteiger partial charge on any atom is 0.295 e. The quantitative estimate of drug-likeness (QED) is 0.647. The molecular formula is C20H21ClN4O2. The van der Waals surface area contributed by atoms with Crippen LogP contribution in [0.5, 0.6) is 0 Å². The van der Waals surface area contributed by atoms with Gasteiger partial charge in [0.25, 0.3) is 11.5 Å². The molecule has 0 aliphatic rings. The summed E-state index contributed by atoms with van der Waals surface area (Å²) in [5.41, 5.74) is 2.66. The Morgan fingerprint density at radius 3 is 2.56 bits per heavy atom. The van der Waals surface area contributed by atoms with Crippen LogP contribution >= 0.6 is 11.6 Å². The van der Waals surface area contributed by atoms with Crippen LogP contribution in [0, 0.1) is 0 Å². The van der Waals surface area contributed by atoms with Crippen molar-refractivity contribution in [3.8, 4) is 11.3 Å². The number of rotatable bonds is 4. The van der Waals surface area contributed by atoms with Crippen molar-refractivity contribution in [1.29, 1.82) is 0 Å². The summed E-state index contributed by atoms with van der Waals surface area (Å²) >= 11 is 6.38. The molecule has 3 rings (SSSR count). The van der Waals surface area contributed by atoms with E-state index in [0.717, 1.165) is 11.1 Å². The van der Waals surface area contributed by atoms with Gasteiger partial charge < -0.3 is 4.90 Å². The van der Waals surface area contributed by atoms with E-state index < -0.39 is 0 Å². The fourth-order valence-corrected chi connectivity index (χ4v) is 2.99. The lowest BCUT2D eigenvalue weighted by molar-refractivity contribution is 0.0822. The molecule has 27 heavy (non-hydrogen) atoms. The van der Waals surface area contributed by atoms with E-state index in [2.05, 4.69) is 4.98 Å². The summed E-state index contributed by atoms with van der Waals surface area (Å²) in [6.45, 7) is 4.34. The third-order valence-electron chi connectivity index (χ3n) is 4.18. The van der Waals surface area contributed by atoms with Gasteiger partial charge in [-0.1, -0.05) is 41.4 Å². The zero-order chi connectivity index (χ0) is 19.7. The highest BCUT2D eigenvalue weighted by atomic mass is 35.5. The average molecular weight is 385 g/mol. The monoisotopic (exact) mass is 384 g/mol. The van der Waals surface area contributed by atoms with E-state index in [1.165, 1.54) is 4.90 Å². The second kappa shape index (κ2) is 7.40. The minimum Gasteiger partial charge on any atom is -0.343 e. The van der Waals surface area contributed by atoms with Gasteiger partial charge in [-0.2, -0.15) is 0 Å². The number of amides is 1. The Kier molecular flexibility index (Phi) is 5.19. The van der Waals surface area contributed by atoms with Crippen molar-refractivity contribution in [2.45, 2.75) is 20.4 Å². The summed E-state index contributed by atoms with van der Waals surface area (Å²) in [5.74, 6) is -0.256. The van der Waals surface area contributed by atoms with Gasteiger partial charge in [-0.3, -0.25) is 18.6 Å². The number of allylic oxidation sites excluding steroid dienone is 2. The fraction of sp³-hybridized carbons (Fsp3) is 0.250. The standard InChI is InChI=1S/C20H21ClN4O2/c1-13(2)9-10-25-17(14-7-5-6-8-15(14)21)12-24-11-16(19(26)23(3)4)22-18(24)20(25)27/h5-9,11-12H,10H2,1-4H3. The molecule has 7 heteroatoms. The van der Waals surface area contributed by atoms with Gasteiger partial charge in [0, 0.05) is 43.6 Å². The lowest BCUT2D eigenvalue weighted by Crippen LogP contribution is -2.24. The van der Waals surface area contributed by atoms with Crippen molar-refractivity contribution in [1.82, 2.24) is 18.9 Å². The Bertz CT molecular complexity index is 1100. The van der Waals surface area contributed by atoms with Crippen LogP contribution in [0.1, 0.15) is 24.3 Å². The van der Waals surface area contributed by atoms with Crippen molar-refractivity contribution in [2.75, 3.05) is 14.1 Å². The Labute approximate surface area is 162 Å². The highest BCUT2D eigenvalue weighted by Crippen LogP contribution is 2.27. The second-order valence-electron chi connectivity index (χ2n) is 6.75. The number of aromatic nitrogens is 3. The SMILES string of the molecule is CC(C)=CCn1c(-c2ccccc2Cl)cn2cc(C(=O)N(C)C)nc2c1=O. The van der Waals surface area contributed by atoms with Crippen LogP contribution in [0.3, 0.4) is 0 Å². The van der Waals surface area contributed by atoms with Crippen molar-refractivity contribution >= 4 is 23.2 Å². The molecule has 0 bridgehead atoms. The molecule has 0 aliphatic carbocycles. The molecule has 6 nitrogen and oxygen atoms in total. The first-order chi connectivity index (χ1) is 12.8. The first kappa shape index (κ1) is 18.9. The maximum absolute atomic E-state index is 13.1. The molecule has 2 heterocycles. The number of fused-ring (bicyclic) bond motifs is 1. The topological polar surface area (TPSA) is 59.6 Å². The molecule has 3 aromatic rings. The highest BCUT2D eigenvalue weighted by molar-refractivity contribution is 6.33. The zero-order valence-corrected chi connectivity index (χ0v) is 16.5. The number of benzene rings is 1. The number of imidazole rings is 1. The van der Waals surface area contributed by atoms with Crippen molar-refractivity contribution < 1.29 is 4.79 Å². The van der Waals surface area contributed by atoms with Crippen LogP contribution in [0.4, 0.5) is 0 Å². The molecule has 0 fully saturated rings. The Morgan fingerprint density at radius 2 is 1.93 bits per heavy atom. The molecule has 0 saturated heterocycles. The third-order valence-corrected chi connectivity index (χ3v) is 4.51. The van der Waals surface area contributed by atoms with Gasteiger partial charge >= 0.3 is 0 Å². The predicted molar refractivity (Wildman–Crippen MR) is 107 cm³/mol. The summed E-state index contributed by atoms with van der Waals surface area (Å²) in [7, 11) is 3.29. The van der Waals surface area contributed by atoms with Gasteiger partial charge in [0.2, 0.25) is 5.65 Å². The molecule has 0 spiro atoms. The van der Waals surface area contributed by atoms with E-state index in [1.54, 1.807) is 41.5 Å². The maximum atomic E-state index is 13.1. The molecule has 2 aromatic heterocycles. The van der Waals surface area contributed by atoms with E-state index in [-0.39, 0.29) is 22.8 Å². The first-order valence-electron chi connectivity index (χ1n) is 8.52. The highest BCUT2D eigenvalue weighted by Gasteiger charge is 2.18. The third kappa shape index (κ3) is 3.66. The second-order valence-corrected chi connectivity index (χ2v) is 7.16. The lowest BCUT2D eigenvalue weighted by Gasteiger charge is -2.13. The van der Waals surface area contributed by atoms with Gasteiger partial charge in [-0.25, -0.2) is 4.98 Å². The summed E-state index contributed by atoms with van der Waals surface area (Å²) in [4.78, 5) is 31.1. The van der Waals surface area contributed by atoms with Gasteiger partial charge in [0.05, 0.1) is 5.69 Å². The number of nitrogens with zero attached hydrogens (tertiary/aromatic N) is 4. The van der Waals surface area contributed by atoms with Crippen molar-refractivity contribution in [3.63, 3.8) is 0 Å². The number of halogens is 1. The van der Waals surface area contributed by atoms with Crippen LogP contribution < -0.4 is 5.56 Å². The Hall–Kier alpha value is -2.86. The summed E-state index contributed by atoms with van der Waals surface area (Å²) in [6, 6.07) is 7.36. The Balaban J connectivity index is 2.30. The van der Waals surface area contributed by atoms with Crippen molar-refractivity contribution in [2.24, 2.45) is 0 Å². The molecule has 0 atom stereocenters. The van der Waals surface area contributed by atoms with Gasteiger partial charge in [-0.05, 0) is 19.9 Å². The van der Waals surface area contributed by atoms with Crippen LogP contribution in [0.25, 0.3) is 16.9 Å². The predicted octanol–water partition coefficient (Wildman–Crippen LogP) is 3.48. The molecule has 0 saturated carbocycles. The molecule has 0 radical (unpaired) electrons. The minimum absolute atomic E-state index is 0.207.